The van der Waals surface area contributed by atoms with Gasteiger partial charge in [-0.1, -0.05) is 18.2 Å². The van der Waals surface area contributed by atoms with Gasteiger partial charge in [0, 0.05) is 6.42 Å². The summed E-state index contributed by atoms with van der Waals surface area (Å²) >= 11 is 0. The van der Waals surface area contributed by atoms with Crippen molar-refractivity contribution in [2.24, 2.45) is 11.7 Å². The second-order valence-electron chi connectivity index (χ2n) is 3.83. The minimum absolute atomic E-state index is 0.0213. The Morgan fingerprint density at radius 3 is 2.69 bits per heavy atom. The maximum absolute atomic E-state index is 13.3. The Morgan fingerprint density at radius 1 is 1.44 bits per heavy atom. The van der Waals surface area contributed by atoms with Gasteiger partial charge in [0.05, 0.1) is 0 Å². The summed E-state index contributed by atoms with van der Waals surface area (Å²) in [6.07, 6.45) is 1.06. The number of carbonyl (C=O) groups is 1. The number of benzene rings is 1. The number of aliphatic carboxylic acids is 1. The Morgan fingerprint density at radius 2 is 2.12 bits per heavy atom. The number of hydrogen-bond donors (Lipinski definition) is 2. The van der Waals surface area contributed by atoms with E-state index in [9.17, 15) is 9.18 Å². The lowest BCUT2D eigenvalue weighted by molar-refractivity contribution is -0.137. The van der Waals surface area contributed by atoms with Crippen molar-refractivity contribution in [3.63, 3.8) is 0 Å². The van der Waals surface area contributed by atoms with E-state index in [1.54, 1.807) is 18.2 Å². The van der Waals surface area contributed by atoms with Gasteiger partial charge in [-0.25, -0.2) is 4.39 Å². The molecule has 1 aromatic rings. The number of halogens is 1. The van der Waals surface area contributed by atoms with Crippen molar-refractivity contribution in [2.75, 3.05) is 6.54 Å². The predicted molar refractivity (Wildman–Crippen MR) is 59.5 cm³/mol. The summed E-state index contributed by atoms with van der Waals surface area (Å²) in [7, 11) is 0. The van der Waals surface area contributed by atoms with Gasteiger partial charge in [0.2, 0.25) is 0 Å². The topological polar surface area (TPSA) is 63.3 Å². The highest BCUT2D eigenvalue weighted by Crippen LogP contribution is 2.15. The van der Waals surface area contributed by atoms with Gasteiger partial charge >= 0.3 is 5.97 Å². The van der Waals surface area contributed by atoms with Gasteiger partial charge < -0.3 is 10.8 Å². The fraction of sp³-hybridized carbons (Fsp3) is 0.417. The zero-order valence-electron chi connectivity index (χ0n) is 9.03. The molecule has 1 aromatic carbocycles. The van der Waals surface area contributed by atoms with E-state index in [1.807, 2.05) is 0 Å². The third-order valence-electron chi connectivity index (χ3n) is 2.57. The van der Waals surface area contributed by atoms with E-state index in [1.165, 1.54) is 6.07 Å². The van der Waals surface area contributed by atoms with Crippen LogP contribution in [-0.4, -0.2) is 17.6 Å². The van der Waals surface area contributed by atoms with Gasteiger partial charge in [-0.2, -0.15) is 0 Å². The highest BCUT2D eigenvalue weighted by atomic mass is 19.1. The smallest absolute Gasteiger partial charge is 0.303 e. The molecule has 1 unspecified atom stereocenters. The Balaban J connectivity index is 2.56. The molecule has 0 saturated heterocycles. The molecule has 0 heterocycles. The molecule has 0 fully saturated rings. The van der Waals surface area contributed by atoms with Gasteiger partial charge in [-0.05, 0) is 36.9 Å². The first kappa shape index (κ1) is 12.6. The van der Waals surface area contributed by atoms with Gasteiger partial charge in [-0.15, -0.1) is 0 Å². The van der Waals surface area contributed by atoms with Gasteiger partial charge in [-0.3, -0.25) is 4.79 Å². The van der Waals surface area contributed by atoms with Crippen LogP contribution in [-0.2, 0) is 11.2 Å². The summed E-state index contributed by atoms with van der Waals surface area (Å²) in [6.45, 7) is 0.377. The third kappa shape index (κ3) is 3.98. The van der Waals surface area contributed by atoms with Crippen LogP contribution >= 0.6 is 0 Å². The standard InChI is InChI=1S/C12H16FNO2/c13-11-4-2-1-3-10(11)7-9(8-14)5-6-12(15)16/h1-4,9H,5-8,14H2,(H,15,16). The Labute approximate surface area is 94.1 Å². The zero-order valence-corrected chi connectivity index (χ0v) is 9.03. The molecule has 0 spiro atoms. The maximum atomic E-state index is 13.3. The predicted octanol–water partition coefficient (Wildman–Crippen LogP) is 1.81. The molecular weight excluding hydrogens is 209 g/mol. The van der Waals surface area contributed by atoms with Gasteiger partial charge in [0.15, 0.2) is 0 Å². The number of hydrogen-bond acceptors (Lipinski definition) is 2. The summed E-state index contributed by atoms with van der Waals surface area (Å²) in [5.41, 5.74) is 6.14. The molecule has 0 bridgehead atoms. The van der Waals surface area contributed by atoms with E-state index < -0.39 is 5.97 Å². The molecule has 0 aliphatic rings. The van der Waals surface area contributed by atoms with Crippen molar-refractivity contribution in [1.29, 1.82) is 0 Å². The van der Waals surface area contributed by atoms with Crippen LogP contribution in [0.3, 0.4) is 0 Å². The normalized spacial score (nSPS) is 12.4. The number of carboxylic acid groups (broad SMARTS) is 1. The molecule has 0 aliphatic carbocycles. The Bertz CT molecular complexity index is 355. The SMILES string of the molecule is NCC(CCC(=O)O)Cc1ccccc1F. The molecule has 4 heteroatoms. The van der Waals surface area contributed by atoms with Crippen LogP contribution in [0.25, 0.3) is 0 Å². The van der Waals surface area contributed by atoms with Crippen molar-refractivity contribution in [3.05, 3.63) is 35.6 Å². The van der Waals surface area contributed by atoms with Crippen LogP contribution < -0.4 is 5.73 Å². The Kier molecular flexibility index (Phi) is 4.92. The van der Waals surface area contributed by atoms with Crippen LogP contribution in [0.5, 0.6) is 0 Å². The van der Waals surface area contributed by atoms with Crippen molar-refractivity contribution in [2.45, 2.75) is 19.3 Å². The summed E-state index contributed by atoms with van der Waals surface area (Å²) in [5.74, 6) is -1.07. The van der Waals surface area contributed by atoms with Crippen LogP contribution in [0.2, 0.25) is 0 Å². The first-order chi connectivity index (χ1) is 7.63. The Hall–Kier alpha value is -1.42. The molecule has 3 nitrogen and oxygen atoms in total. The fourth-order valence-electron chi connectivity index (χ4n) is 1.61. The first-order valence-corrected chi connectivity index (χ1v) is 5.28. The molecule has 1 rings (SSSR count). The molecule has 16 heavy (non-hydrogen) atoms. The van der Waals surface area contributed by atoms with E-state index in [-0.39, 0.29) is 18.2 Å². The second kappa shape index (κ2) is 6.23. The molecular formula is C12H16FNO2. The summed E-state index contributed by atoms with van der Waals surface area (Å²) < 4.78 is 13.3. The highest BCUT2D eigenvalue weighted by Gasteiger charge is 2.12. The second-order valence-corrected chi connectivity index (χ2v) is 3.83. The fourth-order valence-corrected chi connectivity index (χ4v) is 1.61. The highest BCUT2D eigenvalue weighted by molar-refractivity contribution is 5.66. The molecule has 0 aromatic heterocycles. The average Bonchev–Trinajstić information content (AvgIpc) is 2.26. The van der Waals surface area contributed by atoms with E-state index >= 15 is 0 Å². The molecule has 0 amide bonds. The van der Waals surface area contributed by atoms with E-state index in [0.717, 1.165) is 0 Å². The number of rotatable bonds is 6. The zero-order chi connectivity index (χ0) is 12.0. The van der Waals surface area contributed by atoms with Crippen molar-refractivity contribution in [3.8, 4) is 0 Å². The largest absolute Gasteiger partial charge is 0.481 e. The quantitative estimate of drug-likeness (QED) is 0.776. The minimum atomic E-state index is -0.841. The maximum Gasteiger partial charge on any atom is 0.303 e. The summed E-state index contributed by atoms with van der Waals surface area (Å²) in [4.78, 5) is 10.4. The number of nitrogens with two attached hydrogens (primary N) is 1. The molecule has 1 atom stereocenters. The minimum Gasteiger partial charge on any atom is -0.481 e. The molecule has 0 saturated carbocycles. The lowest BCUT2D eigenvalue weighted by atomic mass is 9.94. The third-order valence-corrected chi connectivity index (χ3v) is 2.57. The van der Waals surface area contributed by atoms with Crippen LogP contribution in [0, 0.1) is 11.7 Å². The van der Waals surface area contributed by atoms with Gasteiger partial charge in [0.25, 0.3) is 0 Å². The lowest BCUT2D eigenvalue weighted by Gasteiger charge is -2.13. The summed E-state index contributed by atoms with van der Waals surface area (Å²) in [5, 5.41) is 8.56. The van der Waals surface area contributed by atoms with Crippen molar-refractivity contribution < 1.29 is 14.3 Å². The van der Waals surface area contributed by atoms with Crippen LogP contribution in [0.1, 0.15) is 18.4 Å². The van der Waals surface area contributed by atoms with Crippen molar-refractivity contribution >= 4 is 5.97 Å². The van der Waals surface area contributed by atoms with E-state index in [0.29, 0.717) is 24.9 Å². The molecule has 0 radical (unpaired) electrons. The first-order valence-electron chi connectivity index (χ1n) is 5.28. The average molecular weight is 225 g/mol. The van der Waals surface area contributed by atoms with Crippen LogP contribution in [0.4, 0.5) is 4.39 Å². The molecule has 0 aliphatic heterocycles. The van der Waals surface area contributed by atoms with E-state index in [4.69, 9.17) is 10.8 Å². The van der Waals surface area contributed by atoms with E-state index in [2.05, 4.69) is 0 Å². The molecule has 3 N–H and O–H groups in total. The van der Waals surface area contributed by atoms with Crippen molar-refractivity contribution in [1.82, 2.24) is 0 Å². The lowest BCUT2D eigenvalue weighted by Crippen LogP contribution is -2.18. The monoisotopic (exact) mass is 225 g/mol. The molecule has 88 valence electrons. The summed E-state index contributed by atoms with van der Waals surface area (Å²) in [6, 6.07) is 6.51. The van der Waals surface area contributed by atoms with Gasteiger partial charge in [0.1, 0.15) is 5.82 Å². The van der Waals surface area contributed by atoms with Crippen LogP contribution in [0.15, 0.2) is 24.3 Å². The number of carboxylic acids is 1.